The fourth-order valence-electron chi connectivity index (χ4n) is 8.16. The van der Waals surface area contributed by atoms with Crippen LogP contribution < -0.4 is 0 Å². The van der Waals surface area contributed by atoms with Crippen LogP contribution in [-0.4, -0.2) is 89.0 Å². The maximum absolute atomic E-state index is 12.8. The first-order valence-electron chi connectivity index (χ1n) is 26.4. The second kappa shape index (κ2) is 44.0. The predicted molar refractivity (Wildman–Crippen MR) is 256 cm³/mol. The predicted octanol–water partition coefficient (Wildman–Crippen LogP) is 12.5. The lowest BCUT2D eigenvalue weighted by Crippen LogP contribution is -2.59. The number of esters is 2. The highest BCUT2D eigenvalue weighted by atomic mass is 16.7. The third-order valence-corrected chi connectivity index (χ3v) is 12.3. The van der Waals surface area contributed by atoms with Crippen molar-refractivity contribution in [1.82, 2.24) is 0 Å². The lowest BCUT2D eigenvalue weighted by molar-refractivity contribution is -0.305. The molecule has 1 aliphatic heterocycles. The fraction of sp³-hybridized carbons (Fsp3) is 0.887. The van der Waals surface area contributed by atoms with Gasteiger partial charge in [-0.25, -0.2) is 0 Å². The molecule has 0 spiro atoms. The van der Waals surface area contributed by atoms with E-state index in [4.69, 9.17) is 18.9 Å². The highest BCUT2D eigenvalue weighted by molar-refractivity contribution is 5.70. The second-order valence-corrected chi connectivity index (χ2v) is 18.3. The van der Waals surface area contributed by atoms with E-state index < -0.39 is 49.4 Å². The normalized spacial score (nSPS) is 19.6. The van der Waals surface area contributed by atoms with Crippen LogP contribution in [0.2, 0.25) is 0 Å². The van der Waals surface area contributed by atoms with Crippen LogP contribution in [0.5, 0.6) is 0 Å². The van der Waals surface area contributed by atoms with Gasteiger partial charge >= 0.3 is 11.9 Å². The summed E-state index contributed by atoms with van der Waals surface area (Å²) in [4.78, 5) is 25.5. The van der Waals surface area contributed by atoms with Crippen molar-refractivity contribution >= 4 is 11.9 Å². The van der Waals surface area contributed by atoms with Gasteiger partial charge in [0, 0.05) is 12.8 Å². The van der Waals surface area contributed by atoms with Crippen molar-refractivity contribution in [3.05, 3.63) is 24.3 Å². The zero-order valence-corrected chi connectivity index (χ0v) is 40.6. The number of carbonyl (C=O) groups is 2. The van der Waals surface area contributed by atoms with Crippen molar-refractivity contribution < 1.29 is 49.0 Å². The summed E-state index contributed by atoms with van der Waals surface area (Å²) >= 11 is 0. The lowest BCUT2D eigenvalue weighted by atomic mass is 9.99. The number of allylic oxidation sites excluding steroid dienone is 4. The molecule has 0 aromatic carbocycles. The summed E-state index contributed by atoms with van der Waals surface area (Å²) in [6.45, 7) is 3.45. The molecule has 63 heavy (non-hydrogen) atoms. The molecule has 0 saturated carbocycles. The average Bonchev–Trinajstić information content (AvgIpc) is 3.28. The fourth-order valence-corrected chi connectivity index (χ4v) is 8.16. The van der Waals surface area contributed by atoms with Crippen molar-refractivity contribution in [2.45, 2.75) is 282 Å². The molecule has 6 atom stereocenters. The molecule has 370 valence electrons. The molecule has 0 radical (unpaired) electrons. The van der Waals surface area contributed by atoms with Gasteiger partial charge in [-0.15, -0.1) is 0 Å². The van der Waals surface area contributed by atoms with Gasteiger partial charge in [-0.3, -0.25) is 9.59 Å². The molecular weight excluding hydrogens is 797 g/mol. The molecule has 0 aromatic rings. The van der Waals surface area contributed by atoms with Crippen molar-refractivity contribution in [3.8, 4) is 0 Å². The van der Waals surface area contributed by atoms with Gasteiger partial charge in [-0.1, -0.05) is 212 Å². The number of hydrogen-bond acceptors (Lipinski definition) is 10. The van der Waals surface area contributed by atoms with Gasteiger partial charge in [-0.2, -0.15) is 0 Å². The third-order valence-electron chi connectivity index (χ3n) is 12.3. The summed E-state index contributed by atoms with van der Waals surface area (Å²) in [6, 6.07) is 0. The Hall–Kier alpha value is -1.82. The summed E-state index contributed by atoms with van der Waals surface area (Å²) < 4.78 is 22.3. The van der Waals surface area contributed by atoms with Crippen LogP contribution in [0.15, 0.2) is 24.3 Å². The van der Waals surface area contributed by atoms with Gasteiger partial charge in [-0.05, 0) is 44.9 Å². The largest absolute Gasteiger partial charge is 0.462 e. The molecular formula is C53H98O10. The van der Waals surface area contributed by atoms with E-state index in [9.17, 15) is 30.0 Å². The number of aliphatic hydroxyl groups is 4. The summed E-state index contributed by atoms with van der Waals surface area (Å²) in [7, 11) is 0. The van der Waals surface area contributed by atoms with Crippen molar-refractivity contribution in [2.24, 2.45) is 0 Å². The lowest BCUT2D eigenvalue weighted by Gasteiger charge is -2.39. The molecule has 1 saturated heterocycles. The highest BCUT2D eigenvalue weighted by Crippen LogP contribution is 2.23. The minimum absolute atomic E-state index is 0.214. The Morgan fingerprint density at radius 1 is 0.492 bits per heavy atom. The van der Waals surface area contributed by atoms with Crippen LogP contribution >= 0.6 is 0 Å². The molecule has 4 N–H and O–H groups in total. The van der Waals surface area contributed by atoms with E-state index in [1.807, 2.05) is 0 Å². The van der Waals surface area contributed by atoms with Crippen LogP contribution in [0, 0.1) is 0 Å². The zero-order chi connectivity index (χ0) is 45.9. The van der Waals surface area contributed by atoms with Crippen LogP contribution in [-0.2, 0) is 28.5 Å². The smallest absolute Gasteiger partial charge is 0.306 e. The van der Waals surface area contributed by atoms with Crippen molar-refractivity contribution in [2.75, 3.05) is 19.8 Å². The minimum Gasteiger partial charge on any atom is -0.462 e. The van der Waals surface area contributed by atoms with Gasteiger partial charge in [0.25, 0.3) is 0 Å². The van der Waals surface area contributed by atoms with Gasteiger partial charge < -0.3 is 39.4 Å². The monoisotopic (exact) mass is 895 g/mol. The number of unbranched alkanes of at least 4 members (excludes halogenated alkanes) is 30. The Labute approximate surface area is 385 Å². The number of hydrogen-bond donors (Lipinski definition) is 4. The molecule has 1 rings (SSSR count). The van der Waals surface area contributed by atoms with Gasteiger partial charge in [0.1, 0.15) is 31.0 Å². The van der Waals surface area contributed by atoms with E-state index >= 15 is 0 Å². The Kier molecular flexibility index (Phi) is 41.4. The Morgan fingerprint density at radius 2 is 0.889 bits per heavy atom. The zero-order valence-electron chi connectivity index (χ0n) is 40.6. The van der Waals surface area contributed by atoms with Gasteiger partial charge in [0.15, 0.2) is 12.4 Å². The van der Waals surface area contributed by atoms with E-state index in [0.29, 0.717) is 6.42 Å². The SMILES string of the molecule is CCCCCCC/C=C\C/C=C\CCCCCCCCCCCC(=O)OC(COC(=O)CCCCCCCCCCCCCCCCCCC)COC1OC(CO)C(O)C(O)C1O. The average molecular weight is 895 g/mol. The van der Waals surface area contributed by atoms with E-state index in [0.717, 1.165) is 51.4 Å². The first-order valence-corrected chi connectivity index (χ1v) is 26.4. The summed E-state index contributed by atoms with van der Waals surface area (Å²) in [6.07, 6.45) is 43.2. The molecule has 0 aromatic heterocycles. The molecule has 10 nitrogen and oxygen atoms in total. The summed E-state index contributed by atoms with van der Waals surface area (Å²) in [5.41, 5.74) is 0. The van der Waals surface area contributed by atoms with E-state index in [-0.39, 0.29) is 32.0 Å². The second-order valence-electron chi connectivity index (χ2n) is 18.3. The molecule has 0 bridgehead atoms. The van der Waals surface area contributed by atoms with Crippen molar-refractivity contribution in [1.29, 1.82) is 0 Å². The Bertz CT molecular complexity index is 1080. The van der Waals surface area contributed by atoms with Crippen LogP contribution in [0.25, 0.3) is 0 Å². The first-order chi connectivity index (χ1) is 30.8. The first kappa shape index (κ1) is 59.2. The van der Waals surface area contributed by atoms with Crippen molar-refractivity contribution in [3.63, 3.8) is 0 Å². The molecule has 6 unspecified atom stereocenters. The standard InChI is InChI=1S/C53H98O10/c1-3-5-7-9-11-13-15-17-19-21-22-23-24-26-28-30-32-34-36-38-40-42-49(56)62-46(45-61-53-52(59)51(58)50(57)47(43-54)63-53)44-60-48(55)41-39-37-35-33-31-29-27-25-20-18-16-14-12-10-8-6-4-2/h15,17,21-22,46-47,50-54,57-59H,3-14,16,18-20,23-45H2,1-2H3/b17-15-,22-21-. The Balaban J connectivity index is 2.24. The molecule has 0 amide bonds. The van der Waals surface area contributed by atoms with E-state index in [2.05, 4.69) is 38.2 Å². The molecule has 1 aliphatic rings. The van der Waals surface area contributed by atoms with Crippen LogP contribution in [0.1, 0.15) is 245 Å². The number of ether oxygens (including phenoxy) is 4. The van der Waals surface area contributed by atoms with Crippen LogP contribution in [0.4, 0.5) is 0 Å². The maximum Gasteiger partial charge on any atom is 0.306 e. The van der Waals surface area contributed by atoms with Gasteiger partial charge in [0.2, 0.25) is 0 Å². The number of aliphatic hydroxyl groups excluding tert-OH is 4. The highest BCUT2D eigenvalue weighted by Gasteiger charge is 2.44. The third kappa shape index (κ3) is 35.1. The Morgan fingerprint density at radius 3 is 1.32 bits per heavy atom. The number of rotatable bonds is 45. The molecule has 1 heterocycles. The molecule has 10 heteroatoms. The summed E-state index contributed by atoms with van der Waals surface area (Å²) in [5.74, 6) is -0.798. The molecule has 0 aliphatic carbocycles. The number of carbonyl (C=O) groups excluding carboxylic acids is 2. The topological polar surface area (TPSA) is 152 Å². The van der Waals surface area contributed by atoms with Crippen LogP contribution in [0.3, 0.4) is 0 Å². The molecule has 1 fully saturated rings. The quantitative estimate of drug-likeness (QED) is 0.0264. The van der Waals surface area contributed by atoms with E-state index in [1.54, 1.807) is 0 Å². The maximum atomic E-state index is 12.8. The summed E-state index contributed by atoms with van der Waals surface area (Å²) in [5, 5.41) is 40.2. The minimum atomic E-state index is -1.59. The van der Waals surface area contributed by atoms with E-state index in [1.165, 1.54) is 161 Å². The van der Waals surface area contributed by atoms with Gasteiger partial charge in [0.05, 0.1) is 13.2 Å².